The number of aromatic nitrogens is 3. The van der Waals surface area contributed by atoms with Gasteiger partial charge >= 0.3 is 0 Å². The van der Waals surface area contributed by atoms with Crippen molar-refractivity contribution >= 4 is 32.7 Å². The Morgan fingerprint density at radius 2 is 1.76 bits per heavy atom. The first-order valence-electron chi connectivity index (χ1n) is 9.17. The number of hydrogen-bond acceptors (Lipinski definition) is 7. The first-order chi connectivity index (χ1) is 14.0. The molecule has 1 aliphatic heterocycles. The average Bonchev–Trinajstić information content (AvgIpc) is 2.78. The van der Waals surface area contributed by atoms with Crippen molar-refractivity contribution in [2.75, 3.05) is 37.6 Å². The van der Waals surface area contributed by atoms with Crippen molar-refractivity contribution in [2.45, 2.75) is 4.90 Å². The molecule has 1 aromatic carbocycles. The number of anilines is 1. The molecule has 1 aliphatic rings. The van der Waals surface area contributed by atoms with Gasteiger partial charge in [0.1, 0.15) is 0 Å². The molecule has 29 heavy (non-hydrogen) atoms. The Kier molecular flexibility index (Phi) is 5.36. The number of carbonyl (C=O) groups is 1. The average molecular weight is 412 g/mol. The van der Waals surface area contributed by atoms with Gasteiger partial charge in [-0.25, -0.2) is 23.1 Å². The molecule has 3 heterocycles. The van der Waals surface area contributed by atoms with Crippen LogP contribution in [0.2, 0.25) is 0 Å². The van der Waals surface area contributed by atoms with Crippen molar-refractivity contribution in [3.63, 3.8) is 0 Å². The number of piperazine rings is 1. The van der Waals surface area contributed by atoms with Gasteiger partial charge in [-0.1, -0.05) is 12.1 Å². The van der Waals surface area contributed by atoms with Crippen LogP contribution in [0, 0.1) is 0 Å². The van der Waals surface area contributed by atoms with Crippen LogP contribution in [0.5, 0.6) is 0 Å². The maximum Gasteiger partial charge on any atom is 0.241 e. The molecule has 0 aliphatic carbocycles. The molecule has 10 heteroatoms. The van der Waals surface area contributed by atoms with Crippen LogP contribution < -0.4 is 9.62 Å². The molecule has 4 rings (SSSR count). The third-order valence-corrected chi connectivity index (χ3v) is 6.27. The summed E-state index contributed by atoms with van der Waals surface area (Å²) in [7, 11) is -3.83. The van der Waals surface area contributed by atoms with Gasteiger partial charge in [0, 0.05) is 61.7 Å². The molecule has 1 amide bonds. The van der Waals surface area contributed by atoms with Crippen LogP contribution in [0.4, 0.5) is 5.95 Å². The van der Waals surface area contributed by atoms with Crippen molar-refractivity contribution in [1.82, 2.24) is 24.6 Å². The Balaban J connectivity index is 1.38. The molecule has 1 fully saturated rings. The van der Waals surface area contributed by atoms with Crippen LogP contribution in [-0.2, 0) is 14.8 Å². The normalized spacial score (nSPS) is 14.9. The van der Waals surface area contributed by atoms with Crippen molar-refractivity contribution in [3.8, 4) is 0 Å². The molecule has 0 unspecified atom stereocenters. The van der Waals surface area contributed by atoms with E-state index in [2.05, 4.69) is 19.7 Å². The maximum atomic E-state index is 12.7. The number of amides is 1. The fourth-order valence-corrected chi connectivity index (χ4v) is 4.49. The Morgan fingerprint density at radius 3 is 2.52 bits per heavy atom. The fourth-order valence-electron chi connectivity index (χ4n) is 3.28. The van der Waals surface area contributed by atoms with Gasteiger partial charge < -0.3 is 9.80 Å². The lowest BCUT2D eigenvalue weighted by Crippen LogP contribution is -2.51. The standard InChI is InChI=1S/C19H20N6O3S/c26-18(24-9-11-25(12-10-24)19-21-6-2-7-22-19)14-23-29(27,28)17-4-1-3-15-13-20-8-5-16(15)17/h1-8,13,23H,9-12,14H2. The number of nitrogens with one attached hydrogen (secondary N) is 1. The van der Waals surface area contributed by atoms with E-state index in [0.29, 0.717) is 37.5 Å². The maximum absolute atomic E-state index is 12.7. The highest BCUT2D eigenvalue weighted by Crippen LogP contribution is 2.21. The highest BCUT2D eigenvalue weighted by Gasteiger charge is 2.24. The molecule has 0 radical (unpaired) electrons. The quantitative estimate of drug-likeness (QED) is 0.655. The summed E-state index contributed by atoms with van der Waals surface area (Å²) in [6, 6.07) is 8.37. The van der Waals surface area contributed by atoms with Crippen molar-refractivity contribution < 1.29 is 13.2 Å². The number of carbonyl (C=O) groups excluding carboxylic acids is 1. The lowest BCUT2D eigenvalue weighted by Gasteiger charge is -2.34. The SMILES string of the molecule is O=C(CNS(=O)(=O)c1cccc2cnccc12)N1CCN(c2ncccn2)CC1. The Hall–Kier alpha value is -3.11. The minimum Gasteiger partial charge on any atom is -0.338 e. The number of rotatable bonds is 5. The van der Waals surface area contributed by atoms with Crippen LogP contribution in [0.15, 0.2) is 60.0 Å². The van der Waals surface area contributed by atoms with E-state index < -0.39 is 10.0 Å². The summed E-state index contributed by atoms with van der Waals surface area (Å²) in [6.07, 6.45) is 6.51. The smallest absolute Gasteiger partial charge is 0.241 e. The second-order valence-corrected chi connectivity index (χ2v) is 8.33. The second kappa shape index (κ2) is 8.10. The molecule has 0 saturated carbocycles. The molecule has 3 aromatic rings. The van der Waals surface area contributed by atoms with E-state index in [1.54, 1.807) is 54.0 Å². The largest absolute Gasteiger partial charge is 0.338 e. The summed E-state index contributed by atoms with van der Waals surface area (Å²) in [6.45, 7) is 1.88. The van der Waals surface area contributed by atoms with Gasteiger partial charge in [-0.2, -0.15) is 0 Å². The minimum atomic E-state index is -3.83. The first kappa shape index (κ1) is 19.2. The van der Waals surface area contributed by atoms with Gasteiger partial charge in [0.15, 0.2) is 0 Å². The second-order valence-electron chi connectivity index (χ2n) is 6.59. The Morgan fingerprint density at radius 1 is 1.00 bits per heavy atom. The first-order valence-corrected chi connectivity index (χ1v) is 10.6. The van der Waals surface area contributed by atoms with E-state index >= 15 is 0 Å². The zero-order valence-corrected chi connectivity index (χ0v) is 16.4. The van der Waals surface area contributed by atoms with Crippen LogP contribution in [0.3, 0.4) is 0 Å². The summed E-state index contributed by atoms with van der Waals surface area (Å²) in [5, 5.41) is 1.29. The number of nitrogens with zero attached hydrogens (tertiary/aromatic N) is 5. The van der Waals surface area contributed by atoms with E-state index in [1.807, 2.05) is 4.90 Å². The van der Waals surface area contributed by atoms with Crippen molar-refractivity contribution in [2.24, 2.45) is 0 Å². The zero-order chi connectivity index (χ0) is 20.3. The molecule has 1 saturated heterocycles. The van der Waals surface area contributed by atoms with Gasteiger partial charge in [-0.3, -0.25) is 9.78 Å². The van der Waals surface area contributed by atoms with E-state index in [0.717, 1.165) is 5.39 Å². The lowest BCUT2D eigenvalue weighted by molar-refractivity contribution is -0.130. The fraction of sp³-hybridized carbons (Fsp3) is 0.263. The highest BCUT2D eigenvalue weighted by molar-refractivity contribution is 7.89. The van der Waals surface area contributed by atoms with Crippen LogP contribution in [0.25, 0.3) is 10.8 Å². The summed E-state index contributed by atoms with van der Waals surface area (Å²) in [5.74, 6) is 0.370. The minimum absolute atomic E-state index is 0.135. The summed E-state index contributed by atoms with van der Waals surface area (Å²) >= 11 is 0. The molecule has 1 N–H and O–H groups in total. The topological polar surface area (TPSA) is 108 Å². The van der Waals surface area contributed by atoms with Crippen LogP contribution >= 0.6 is 0 Å². The molecule has 0 bridgehead atoms. The molecular formula is C19H20N6O3S. The van der Waals surface area contributed by atoms with E-state index in [-0.39, 0.29) is 17.3 Å². The molecule has 9 nitrogen and oxygen atoms in total. The third-order valence-electron chi connectivity index (χ3n) is 4.81. The van der Waals surface area contributed by atoms with E-state index in [9.17, 15) is 13.2 Å². The number of benzene rings is 1. The number of hydrogen-bond donors (Lipinski definition) is 1. The van der Waals surface area contributed by atoms with E-state index in [1.165, 1.54) is 6.07 Å². The van der Waals surface area contributed by atoms with Gasteiger partial charge in [0.05, 0.1) is 11.4 Å². The van der Waals surface area contributed by atoms with Crippen molar-refractivity contribution in [3.05, 3.63) is 55.1 Å². The monoisotopic (exact) mass is 412 g/mol. The van der Waals surface area contributed by atoms with E-state index in [4.69, 9.17) is 0 Å². The van der Waals surface area contributed by atoms with Gasteiger partial charge in [-0.05, 0) is 18.2 Å². The molecule has 0 atom stereocenters. The zero-order valence-electron chi connectivity index (χ0n) is 15.6. The predicted octanol–water partition coefficient (Wildman–Crippen LogP) is 0.652. The molecular weight excluding hydrogens is 392 g/mol. The number of fused-ring (bicyclic) bond motifs is 1. The van der Waals surface area contributed by atoms with Crippen LogP contribution in [-0.4, -0.2) is 66.9 Å². The third kappa shape index (κ3) is 4.17. The summed E-state index contributed by atoms with van der Waals surface area (Å²) in [5.41, 5.74) is 0. The highest BCUT2D eigenvalue weighted by atomic mass is 32.2. The predicted molar refractivity (Wildman–Crippen MR) is 108 cm³/mol. The molecule has 0 spiro atoms. The number of pyridine rings is 1. The van der Waals surface area contributed by atoms with Gasteiger partial charge in [0.25, 0.3) is 0 Å². The van der Waals surface area contributed by atoms with Gasteiger partial charge in [-0.15, -0.1) is 0 Å². The Bertz CT molecular complexity index is 1110. The number of sulfonamides is 1. The van der Waals surface area contributed by atoms with Crippen molar-refractivity contribution in [1.29, 1.82) is 0 Å². The van der Waals surface area contributed by atoms with Crippen LogP contribution in [0.1, 0.15) is 0 Å². The lowest BCUT2D eigenvalue weighted by atomic mass is 10.2. The Labute approximate surface area is 168 Å². The van der Waals surface area contributed by atoms with Gasteiger partial charge in [0.2, 0.25) is 21.9 Å². The summed E-state index contributed by atoms with van der Waals surface area (Å²) in [4.78, 5) is 28.7. The molecule has 150 valence electrons. The summed E-state index contributed by atoms with van der Waals surface area (Å²) < 4.78 is 27.9. The molecule has 2 aromatic heterocycles.